The summed E-state index contributed by atoms with van der Waals surface area (Å²) in [4.78, 5) is 12.6. The lowest BCUT2D eigenvalue weighted by Gasteiger charge is -2.10. The van der Waals surface area contributed by atoms with Crippen LogP contribution in [0.25, 0.3) is 0 Å². The number of anilines is 1. The van der Waals surface area contributed by atoms with E-state index in [-0.39, 0.29) is 5.78 Å². The molecule has 0 fully saturated rings. The molecule has 2 aromatic rings. The molecule has 0 atom stereocenters. The van der Waals surface area contributed by atoms with Crippen molar-refractivity contribution in [2.24, 2.45) is 0 Å². The van der Waals surface area contributed by atoms with Crippen molar-refractivity contribution in [2.45, 2.75) is 6.92 Å². The van der Waals surface area contributed by atoms with Gasteiger partial charge in [0.2, 0.25) is 0 Å². The van der Waals surface area contributed by atoms with Gasteiger partial charge in [0.15, 0.2) is 5.78 Å². The van der Waals surface area contributed by atoms with Crippen LogP contribution in [0, 0.1) is 10.5 Å². The maximum Gasteiger partial charge on any atom is 0.197 e. The lowest BCUT2D eigenvalue weighted by molar-refractivity contribution is 0.103. The Balaban J connectivity index is 2.52. The quantitative estimate of drug-likeness (QED) is 0.514. The summed E-state index contributed by atoms with van der Waals surface area (Å²) in [6, 6.07) is 10.8. The molecule has 2 aromatic carbocycles. The summed E-state index contributed by atoms with van der Waals surface area (Å²) in [6.07, 6.45) is 0. The second kappa shape index (κ2) is 5.61. The summed E-state index contributed by atoms with van der Waals surface area (Å²) in [5.74, 6) is 0.537. The van der Waals surface area contributed by atoms with Crippen molar-refractivity contribution in [3.8, 4) is 5.75 Å². The van der Waals surface area contributed by atoms with Crippen molar-refractivity contribution in [3.63, 3.8) is 0 Å². The molecule has 19 heavy (non-hydrogen) atoms. The van der Waals surface area contributed by atoms with Gasteiger partial charge in [0.1, 0.15) is 5.75 Å². The van der Waals surface area contributed by atoms with Crippen molar-refractivity contribution in [1.29, 1.82) is 0 Å². The number of carbonyl (C=O) groups is 1. The number of aryl methyl sites for hydroxylation is 1. The first-order chi connectivity index (χ1) is 9.02. The van der Waals surface area contributed by atoms with Gasteiger partial charge >= 0.3 is 0 Å². The van der Waals surface area contributed by atoms with Crippen molar-refractivity contribution in [1.82, 2.24) is 0 Å². The first-order valence-corrected chi connectivity index (χ1v) is 6.85. The second-order valence-corrected chi connectivity index (χ2v) is 5.49. The molecule has 0 aliphatic rings. The highest BCUT2D eigenvalue weighted by molar-refractivity contribution is 14.1. The summed E-state index contributed by atoms with van der Waals surface area (Å²) in [6.45, 7) is 1.88. The van der Waals surface area contributed by atoms with Gasteiger partial charge in [-0.05, 0) is 71.5 Å². The molecule has 0 unspecified atom stereocenters. The molecule has 0 bridgehead atoms. The van der Waals surface area contributed by atoms with E-state index < -0.39 is 0 Å². The highest BCUT2D eigenvalue weighted by atomic mass is 127. The van der Waals surface area contributed by atoms with E-state index in [1.807, 2.05) is 25.1 Å². The van der Waals surface area contributed by atoms with Crippen molar-refractivity contribution < 1.29 is 9.53 Å². The van der Waals surface area contributed by atoms with Crippen molar-refractivity contribution in [2.75, 3.05) is 12.8 Å². The van der Waals surface area contributed by atoms with Gasteiger partial charge in [-0.25, -0.2) is 0 Å². The third kappa shape index (κ3) is 2.89. The van der Waals surface area contributed by atoms with E-state index in [0.29, 0.717) is 22.6 Å². The summed E-state index contributed by atoms with van der Waals surface area (Å²) in [7, 11) is 1.56. The number of benzene rings is 2. The van der Waals surface area contributed by atoms with Crippen LogP contribution in [0.1, 0.15) is 21.5 Å². The number of rotatable bonds is 3. The van der Waals surface area contributed by atoms with Gasteiger partial charge in [-0.2, -0.15) is 0 Å². The Bertz CT molecular complexity index is 638. The number of carbonyl (C=O) groups excluding carboxylic acids is 1. The molecule has 0 saturated heterocycles. The Labute approximate surface area is 125 Å². The van der Waals surface area contributed by atoms with E-state index in [1.165, 1.54) is 0 Å². The standard InChI is InChI=1S/C15H14INO2/c1-9-7-11(17)4-5-12(9)15(18)13-8-10(16)3-6-14(13)19-2/h3-8H,17H2,1-2H3. The van der Waals surface area contributed by atoms with E-state index >= 15 is 0 Å². The first kappa shape index (κ1) is 13.9. The Morgan fingerprint density at radius 1 is 1.16 bits per heavy atom. The number of hydrogen-bond acceptors (Lipinski definition) is 3. The van der Waals surface area contributed by atoms with Crippen LogP contribution in [0.4, 0.5) is 5.69 Å². The fourth-order valence-electron chi connectivity index (χ4n) is 1.94. The highest BCUT2D eigenvalue weighted by Gasteiger charge is 2.16. The molecule has 0 radical (unpaired) electrons. The fraction of sp³-hybridized carbons (Fsp3) is 0.133. The molecule has 3 nitrogen and oxygen atoms in total. The zero-order valence-corrected chi connectivity index (χ0v) is 12.9. The van der Waals surface area contributed by atoms with E-state index in [4.69, 9.17) is 10.5 Å². The molecule has 0 heterocycles. The van der Waals surface area contributed by atoms with Gasteiger partial charge in [0.05, 0.1) is 12.7 Å². The number of ether oxygens (including phenoxy) is 1. The average molecular weight is 367 g/mol. The SMILES string of the molecule is COc1ccc(I)cc1C(=O)c1ccc(N)cc1C. The Morgan fingerprint density at radius 3 is 2.53 bits per heavy atom. The van der Waals surface area contributed by atoms with Crippen LogP contribution in [0.5, 0.6) is 5.75 Å². The van der Waals surface area contributed by atoms with Crippen molar-refractivity contribution >= 4 is 34.1 Å². The number of methoxy groups -OCH3 is 1. The Kier molecular flexibility index (Phi) is 4.09. The molecule has 4 heteroatoms. The molecular weight excluding hydrogens is 353 g/mol. The zero-order valence-electron chi connectivity index (χ0n) is 10.7. The van der Waals surface area contributed by atoms with Gasteiger partial charge in [0.25, 0.3) is 0 Å². The minimum absolute atomic E-state index is 0.0483. The third-order valence-corrected chi connectivity index (χ3v) is 3.57. The van der Waals surface area contributed by atoms with E-state index in [9.17, 15) is 4.79 Å². The summed E-state index contributed by atoms with van der Waals surface area (Å²) < 4.78 is 6.25. The van der Waals surface area contributed by atoms with Crippen LogP contribution in [-0.4, -0.2) is 12.9 Å². The van der Waals surface area contributed by atoms with E-state index in [1.54, 1.807) is 25.3 Å². The van der Waals surface area contributed by atoms with Crippen LogP contribution >= 0.6 is 22.6 Å². The van der Waals surface area contributed by atoms with Gasteiger partial charge in [-0.1, -0.05) is 0 Å². The predicted octanol–water partition coefficient (Wildman–Crippen LogP) is 3.42. The van der Waals surface area contributed by atoms with E-state index in [0.717, 1.165) is 9.13 Å². The predicted molar refractivity (Wildman–Crippen MR) is 84.7 cm³/mol. The number of hydrogen-bond donors (Lipinski definition) is 1. The van der Waals surface area contributed by atoms with Crippen LogP contribution in [-0.2, 0) is 0 Å². The largest absolute Gasteiger partial charge is 0.496 e. The molecule has 0 aliphatic heterocycles. The summed E-state index contributed by atoms with van der Waals surface area (Å²) >= 11 is 2.18. The number of nitrogen functional groups attached to an aromatic ring is 1. The molecule has 0 saturated carbocycles. The molecule has 0 amide bonds. The molecule has 0 aromatic heterocycles. The van der Waals surface area contributed by atoms with Crippen LogP contribution in [0.2, 0.25) is 0 Å². The van der Waals surface area contributed by atoms with Gasteiger partial charge < -0.3 is 10.5 Å². The zero-order chi connectivity index (χ0) is 14.0. The Hall–Kier alpha value is -1.56. The summed E-state index contributed by atoms with van der Waals surface area (Å²) in [5, 5.41) is 0. The number of halogens is 1. The number of nitrogens with two attached hydrogens (primary N) is 1. The van der Waals surface area contributed by atoms with Gasteiger partial charge in [-0.15, -0.1) is 0 Å². The minimum Gasteiger partial charge on any atom is -0.496 e. The molecule has 98 valence electrons. The van der Waals surface area contributed by atoms with Crippen molar-refractivity contribution in [3.05, 3.63) is 56.7 Å². The highest BCUT2D eigenvalue weighted by Crippen LogP contribution is 2.25. The monoisotopic (exact) mass is 367 g/mol. The number of ketones is 1. The first-order valence-electron chi connectivity index (χ1n) is 5.77. The topological polar surface area (TPSA) is 52.3 Å². The lowest BCUT2D eigenvalue weighted by Crippen LogP contribution is -2.06. The molecule has 0 aliphatic carbocycles. The van der Waals surface area contributed by atoms with Crippen LogP contribution < -0.4 is 10.5 Å². The maximum atomic E-state index is 12.6. The maximum absolute atomic E-state index is 12.6. The van der Waals surface area contributed by atoms with Crippen LogP contribution in [0.3, 0.4) is 0 Å². The average Bonchev–Trinajstić information content (AvgIpc) is 2.38. The third-order valence-electron chi connectivity index (χ3n) is 2.90. The molecule has 0 spiro atoms. The smallest absolute Gasteiger partial charge is 0.197 e. The lowest BCUT2D eigenvalue weighted by atomic mass is 9.98. The fourth-order valence-corrected chi connectivity index (χ4v) is 2.44. The van der Waals surface area contributed by atoms with Gasteiger partial charge in [0, 0.05) is 14.8 Å². The normalized spacial score (nSPS) is 10.3. The minimum atomic E-state index is -0.0483. The second-order valence-electron chi connectivity index (χ2n) is 4.25. The molecule has 2 rings (SSSR count). The van der Waals surface area contributed by atoms with Crippen LogP contribution in [0.15, 0.2) is 36.4 Å². The van der Waals surface area contributed by atoms with Gasteiger partial charge in [-0.3, -0.25) is 4.79 Å². The Morgan fingerprint density at radius 2 is 1.89 bits per heavy atom. The molecule has 2 N–H and O–H groups in total. The summed E-state index contributed by atoms with van der Waals surface area (Å²) in [5.41, 5.74) is 8.45. The molecular formula is C15H14INO2. The van der Waals surface area contributed by atoms with E-state index in [2.05, 4.69) is 22.6 Å².